The van der Waals surface area contributed by atoms with Gasteiger partial charge in [-0.15, -0.1) is 0 Å². The van der Waals surface area contributed by atoms with Crippen molar-refractivity contribution in [2.24, 2.45) is 0 Å². The third-order valence-corrected chi connectivity index (χ3v) is 1.95. The van der Waals surface area contributed by atoms with Gasteiger partial charge >= 0.3 is 5.97 Å². The number of hydrogen-bond acceptors (Lipinski definition) is 3. The molecule has 1 aromatic rings. The highest BCUT2D eigenvalue weighted by Crippen LogP contribution is 2.29. The molecule has 1 aromatic carbocycles. The summed E-state index contributed by atoms with van der Waals surface area (Å²) in [5.74, 6) is -0.599. The van der Waals surface area contributed by atoms with Crippen LogP contribution in [0.1, 0.15) is 5.56 Å². The zero-order chi connectivity index (χ0) is 10.1. The number of carboxylic acids is 1. The Morgan fingerprint density at radius 3 is 2.93 bits per heavy atom. The van der Waals surface area contributed by atoms with Gasteiger partial charge in [0.05, 0.1) is 0 Å². The maximum absolute atomic E-state index is 10.6. The predicted octanol–water partition coefficient (Wildman–Crippen LogP) is 1.25. The fraction of sp³-hybridized carbons (Fsp3) is 0.100. The smallest absolute Gasteiger partial charge is 0.349 e. The van der Waals surface area contributed by atoms with Gasteiger partial charge in [0.25, 0.3) is 0 Å². The van der Waals surface area contributed by atoms with Crippen LogP contribution in [-0.2, 0) is 4.79 Å². The summed E-state index contributed by atoms with van der Waals surface area (Å²) in [7, 11) is 0. The molecular weight excluding hydrogens is 184 g/mol. The Balaban J connectivity index is 2.37. The molecule has 0 radical (unpaired) electrons. The van der Waals surface area contributed by atoms with Crippen molar-refractivity contribution >= 4 is 12.0 Å². The highest BCUT2D eigenvalue weighted by molar-refractivity contribution is 5.79. The quantitative estimate of drug-likeness (QED) is 0.702. The van der Waals surface area contributed by atoms with Crippen LogP contribution >= 0.6 is 0 Å². The molecule has 1 aliphatic heterocycles. The van der Waals surface area contributed by atoms with Crippen LogP contribution in [0.25, 0.3) is 6.08 Å². The first-order valence-corrected chi connectivity index (χ1v) is 4.07. The summed E-state index contributed by atoms with van der Waals surface area (Å²) in [6, 6.07) is 4.58. The lowest BCUT2D eigenvalue weighted by Crippen LogP contribution is -2.26. The van der Waals surface area contributed by atoms with E-state index in [2.05, 4.69) is 0 Å². The van der Waals surface area contributed by atoms with Gasteiger partial charge in [-0.05, 0) is 18.2 Å². The fourth-order valence-electron chi connectivity index (χ4n) is 1.26. The maximum Gasteiger partial charge on any atom is 0.349 e. The number of aliphatic carboxylic acids is 1. The minimum absolute atomic E-state index is 0.0585. The van der Waals surface area contributed by atoms with E-state index >= 15 is 0 Å². The molecular formula is C10H8O4. The van der Waals surface area contributed by atoms with Gasteiger partial charge in [-0.1, -0.05) is 6.08 Å². The van der Waals surface area contributed by atoms with Gasteiger partial charge < -0.3 is 14.9 Å². The molecule has 2 rings (SSSR count). The van der Waals surface area contributed by atoms with Crippen LogP contribution in [0.2, 0.25) is 0 Å². The predicted molar refractivity (Wildman–Crippen MR) is 49.2 cm³/mol. The SMILES string of the molecule is O=C(O)C1C=Cc2ccc(O)cc2O1. The summed E-state index contributed by atoms with van der Waals surface area (Å²) >= 11 is 0. The molecule has 14 heavy (non-hydrogen) atoms. The van der Waals surface area contributed by atoms with E-state index in [1.807, 2.05) is 0 Å². The summed E-state index contributed by atoms with van der Waals surface area (Å²) in [5.41, 5.74) is 0.764. The van der Waals surface area contributed by atoms with Crippen molar-refractivity contribution in [3.8, 4) is 11.5 Å². The second-order valence-electron chi connectivity index (χ2n) is 2.96. The lowest BCUT2D eigenvalue weighted by atomic mass is 10.1. The van der Waals surface area contributed by atoms with E-state index in [1.165, 1.54) is 18.2 Å². The minimum Gasteiger partial charge on any atom is -0.508 e. The third kappa shape index (κ3) is 1.42. The van der Waals surface area contributed by atoms with Gasteiger partial charge in [0.15, 0.2) is 0 Å². The Morgan fingerprint density at radius 1 is 1.43 bits per heavy atom. The van der Waals surface area contributed by atoms with E-state index in [9.17, 15) is 4.79 Å². The highest BCUT2D eigenvalue weighted by atomic mass is 16.5. The van der Waals surface area contributed by atoms with E-state index in [0.717, 1.165) is 5.56 Å². The Hall–Kier alpha value is -1.97. The van der Waals surface area contributed by atoms with Crippen molar-refractivity contribution in [3.05, 3.63) is 29.8 Å². The number of rotatable bonds is 1. The first-order chi connectivity index (χ1) is 6.66. The summed E-state index contributed by atoms with van der Waals surface area (Å²) in [4.78, 5) is 10.6. The van der Waals surface area contributed by atoms with Crippen molar-refractivity contribution in [1.82, 2.24) is 0 Å². The summed E-state index contributed by atoms with van der Waals surface area (Å²) in [5, 5.41) is 17.9. The monoisotopic (exact) mass is 192 g/mol. The van der Waals surface area contributed by atoms with Crippen molar-refractivity contribution in [2.45, 2.75) is 6.10 Å². The van der Waals surface area contributed by atoms with Crippen molar-refractivity contribution in [3.63, 3.8) is 0 Å². The number of carbonyl (C=O) groups is 1. The van der Waals surface area contributed by atoms with Gasteiger partial charge in [-0.3, -0.25) is 0 Å². The van der Waals surface area contributed by atoms with Gasteiger partial charge in [-0.25, -0.2) is 4.79 Å². The second kappa shape index (κ2) is 3.06. The Bertz CT molecular complexity index is 409. The molecule has 2 N–H and O–H groups in total. The average Bonchev–Trinajstić information content (AvgIpc) is 2.16. The van der Waals surface area contributed by atoms with Crippen LogP contribution in [0.15, 0.2) is 24.3 Å². The molecule has 1 heterocycles. The Kier molecular flexibility index (Phi) is 1.89. The van der Waals surface area contributed by atoms with Crippen LogP contribution < -0.4 is 4.74 Å². The van der Waals surface area contributed by atoms with Crippen molar-refractivity contribution in [2.75, 3.05) is 0 Å². The largest absolute Gasteiger partial charge is 0.508 e. The summed E-state index contributed by atoms with van der Waals surface area (Å²) in [6.45, 7) is 0. The topological polar surface area (TPSA) is 66.8 Å². The number of ether oxygens (including phenoxy) is 1. The van der Waals surface area contributed by atoms with Gasteiger partial charge in [-0.2, -0.15) is 0 Å². The molecule has 0 fully saturated rings. The number of phenolic OH excluding ortho intramolecular Hbond substituents is 1. The summed E-state index contributed by atoms with van der Waals surface area (Å²) < 4.78 is 5.13. The molecule has 0 bridgehead atoms. The molecule has 72 valence electrons. The number of phenols is 1. The van der Waals surface area contributed by atoms with Crippen LogP contribution in [0, 0.1) is 0 Å². The molecule has 0 aromatic heterocycles. The van der Waals surface area contributed by atoms with Gasteiger partial charge in [0.2, 0.25) is 6.10 Å². The van der Waals surface area contributed by atoms with Crippen LogP contribution in [0.4, 0.5) is 0 Å². The van der Waals surface area contributed by atoms with E-state index < -0.39 is 12.1 Å². The zero-order valence-corrected chi connectivity index (χ0v) is 7.18. The molecule has 0 spiro atoms. The van der Waals surface area contributed by atoms with Crippen LogP contribution in [0.5, 0.6) is 11.5 Å². The Morgan fingerprint density at radius 2 is 2.21 bits per heavy atom. The maximum atomic E-state index is 10.6. The van der Waals surface area contributed by atoms with E-state index in [1.54, 1.807) is 12.1 Å². The molecule has 1 unspecified atom stereocenters. The molecule has 0 aliphatic carbocycles. The minimum atomic E-state index is -1.05. The number of hydrogen-bond donors (Lipinski definition) is 2. The lowest BCUT2D eigenvalue weighted by molar-refractivity contribution is -0.142. The molecule has 1 aliphatic rings. The van der Waals surface area contributed by atoms with Crippen molar-refractivity contribution in [1.29, 1.82) is 0 Å². The van der Waals surface area contributed by atoms with Crippen LogP contribution in [0.3, 0.4) is 0 Å². The molecule has 0 saturated carbocycles. The molecule has 4 nitrogen and oxygen atoms in total. The fourth-order valence-corrected chi connectivity index (χ4v) is 1.26. The molecule has 4 heteroatoms. The van der Waals surface area contributed by atoms with E-state index in [0.29, 0.717) is 5.75 Å². The lowest BCUT2D eigenvalue weighted by Gasteiger charge is -2.17. The molecule has 0 saturated heterocycles. The summed E-state index contributed by atoms with van der Waals surface area (Å²) in [6.07, 6.45) is 2.16. The molecule has 0 amide bonds. The zero-order valence-electron chi connectivity index (χ0n) is 7.18. The van der Waals surface area contributed by atoms with Gasteiger partial charge in [0.1, 0.15) is 11.5 Å². The average molecular weight is 192 g/mol. The van der Waals surface area contributed by atoms with Crippen LogP contribution in [-0.4, -0.2) is 22.3 Å². The second-order valence-corrected chi connectivity index (χ2v) is 2.96. The number of carboxylic acid groups (broad SMARTS) is 1. The normalized spacial score (nSPS) is 18.4. The van der Waals surface area contributed by atoms with Gasteiger partial charge in [0, 0.05) is 11.6 Å². The number of benzene rings is 1. The molecule has 1 atom stereocenters. The Labute approximate surface area is 80.1 Å². The van der Waals surface area contributed by atoms with Crippen molar-refractivity contribution < 1.29 is 19.7 Å². The van der Waals surface area contributed by atoms with E-state index in [4.69, 9.17) is 14.9 Å². The third-order valence-electron chi connectivity index (χ3n) is 1.95. The highest BCUT2D eigenvalue weighted by Gasteiger charge is 2.20. The first-order valence-electron chi connectivity index (χ1n) is 4.07. The van der Waals surface area contributed by atoms with E-state index in [-0.39, 0.29) is 5.75 Å². The first kappa shape index (κ1) is 8.62. The number of fused-ring (bicyclic) bond motifs is 1. The number of aromatic hydroxyl groups is 1. The standard InChI is InChI=1S/C10H8O4/c11-7-3-1-6-2-4-8(10(12)13)14-9(6)5-7/h1-5,8,11H,(H,12,13).